The molecule has 0 unspecified atom stereocenters. The summed E-state index contributed by atoms with van der Waals surface area (Å²) in [5, 5.41) is 7.25. The Labute approximate surface area is 84.2 Å². The minimum atomic E-state index is -3.35. The Hall–Kier alpha value is -1.09. The van der Waals surface area contributed by atoms with E-state index in [1.165, 1.54) is 18.9 Å². The average Bonchev–Trinajstić information content (AvgIpc) is 2.10. The van der Waals surface area contributed by atoms with Crippen LogP contribution in [0, 0.1) is 11.3 Å². The number of nitrogens with zero attached hydrogens (tertiary/aromatic N) is 2. The van der Waals surface area contributed by atoms with Crippen LogP contribution in [0.25, 0.3) is 0 Å². The molecule has 1 atom stereocenters. The van der Waals surface area contributed by atoms with Crippen molar-refractivity contribution in [2.24, 2.45) is 0 Å². The Morgan fingerprint density at radius 1 is 1.57 bits per heavy atom. The van der Waals surface area contributed by atoms with Crippen LogP contribution >= 0.6 is 0 Å². The Morgan fingerprint density at radius 3 is 2.43 bits per heavy atom. The number of hydrogen-bond acceptors (Lipinski definition) is 4. The molecule has 0 aromatic carbocycles. The lowest BCUT2D eigenvalue weighted by atomic mass is 10.3. The molecule has 0 rings (SSSR count). The van der Waals surface area contributed by atoms with Crippen LogP contribution in [-0.4, -0.2) is 44.3 Å². The van der Waals surface area contributed by atoms with Crippen LogP contribution in [0.1, 0.15) is 13.3 Å². The first-order valence-electron chi connectivity index (χ1n) is 4.11. The number of amides is 1. The largest absolute Gasteiger partial charge is 0.344 e. The lowest BCUT2D eigenvalue weighted by Gasteiger charge is -2.18. The number of rotatable bonds is 4. The summed E-state index contributed by atoms with van der Waals surface area (Å²) in [4.78, 5) is 12.7. The van der Waals surface area contributed by atoms with E-state index in [9.17, 15) is 13.2 Å². The predicted octanol–water partition coefficient (Wildman–Crippen LogP) is -0.208. The zero-order valence-corrected chi connectivity index (χ0v) is 9.34. The molecule has 5 nitrogen and oxygen atoms in total. The van der Waals surface area contributed by atoms with Gasteiger partial charge in [-0.2, -0.15) is 5.26 Å². The number of nitriles is 1. The van der Waals surface area contributed by atoms with E-state index in [1.807, 2.05) is 6.07 Å². The molecule has 80 valence electrons. The van der Waals surface area contributed by atoms with Gasteiger partial charge in [0.05, 0.1) is 12.5 Å². The molecule has 0 bridgehead atoms. The molecule has 6 heteroatoms. The Kier molecular flexibility index (Phi) is 4.57. The zero-order chi connectivity index (χ0) is 11.4. The summed E-state index contributed by atoms with van der Waals surface area (Å²) >= 11 is 0. The van der Waals surface area contributed by atoms with Gasteiger partial charge < -0.3 is 4.90 Å². The highest BCUT2D eigenvalue weighted by molar-refractivity contribution is 7.92. The van der Waals surface area contributed by atoms with Crippen LogP contribution in [-0.2, 0) is 14.6 Å². The minimum absolute atomic E-state index is 0.207. The quantitative estimate of drug-likeness (QED) is 0.654. The van der Waals surface area contributed by atoms with E-state index in [4.69, 9.17) is 5.26 Å². The third-order valence-electron chi connectivity index (χ3n) is 1.93. The van der Waals surface area contributed by atoms with E-state index in [-0.39, 0.29) is 13.0 Å². The summed E-state index contributed by atoms with van der Waals surface area (Å²) in [7, 11) is -1.86. The summed E-state index contributed by atoms with van der Waals surface area (Å²) in [5.74, 6) is -0.470. The first-order chi connectivity index (χ1) is 6.30. The van der Waals surface area contributed by atoms with Crippen molar-refractivity contribution in [3.8, 4) is 6.07 Å². The molecule has 0 aliphatic rings. The van der Waals surface area contributed by atoms with Gasteiger partial charge in [0.15, 0.2) is 9.84 Å². The molecule has 0 fully saturated rings. The van der Waals surface area contributed by atoms with Crippen molar-refractivity contribution in [1.29, 1.82) is 5.26 Å². The molecule has 0 aliphatic carbocycles. The van der Waals surface area contributed by atoms with Gasteiger partial charge in [-0.05, 0) is 6.92 Å². The van der Waals surface area contributed by atoms with Crippen molar-refractivity contribution in [2.45, 2.75) is 18.6 Å². The van der Waals surface area contributed by atoms with Crippen LogP contribution < -0.4 is 0 Å². The molecule has 0 spiro atoms. The van der Waals surface area contributed by atoms with Crippen molar-refractivity contribution in [2.75, 3.05) is 19.8 Å². The molecule has 0 radical (unpaired) electrons. The van der Waals surface area contributed by atoms with Crippen LogP contribution in [0.3, 0.4) is 0 Å². The highest BCUT2D eigenvalue weighted by Crippen LogP contribution is 2.02. The second-order valence-electron chi connectivity index (χ2n) is 3.14. The molecule has 0 N–H and O–H groups in total. The van der Waals surface area contributed by atoms with Crippen molar-refractivity contribution in [1.82, 2.24) is 4.90 Å². The molecule has 0 saturated carbocycles. The topological polar surface area (TPSA) is 78.2 Å². The first-order valence-corrected chi connectivity index (χ1v) is 6.07. The van der Waals surface area contributed by atoms with Gasteiger partial charge in [-0.15, -0.1) is 0 Å². The fourth-order valence-corrected chi connectivity index (χ4v) is 1.37. The van der Waals surface area contributed by atoms with Crippen LogP contribution in [0.4, 0.5) is 0 Å². The summed E-state index contributed by atoms with van der Waals surface area (Å²) in [6.45, 7) is 1.61. The van der Waals surface area contributed by atoms with Gasteiger partial charge in [-0.25, -0.2) is 8.42 Å². The monoisotopic (exact) mass is 218 g/mol. The van der Waals surface area contributed by atoms with Gasteiger partial charge in [0.25, 0.3) is 0 Å². The maximum Gasteiger partial charge on any atom is 0.240 e. The average molecular weight is 218 g/mol. The van der Waals surface area contributed by atoms with E-state index in [0.717, 1.165) is 6.26 Å². The summed E-state index contributed by atoms with van der Waals surface area (Å²) in [5.41, 5.74) is 0. The second-order valence-corrected chi connectivity index (χ2v) is 5.51. The third-order valence-corrected chi connectivity index (χ3v) is 3.41. The lowest BCUT2D eigenvalue weighted by molar-refractivity contribution is -0.129. The number of sulfone groups is 1. The molecule has 1 amide bonds. The highest BCUT2D eigenvalue weighted by atomic mass is 32.2. The fourth-order valence-electron chi connectivity index (χ4n) is 0.821. The van der Waals surface area contributed by atoms with E-state index >= 15 is 0 Å². The van der Waals surface area contributed by atoms with E-state index in [2.05, 4.69) is 0 Å². The SMILES string of the molecule is C[C@H](C(=O)N(C)CCC#N)S(C)(=O)=O. The number of hydrogen-bond donors (Lipinski definition) is 0. The number of carbonyl (C=O) groups excluding carboxylic acids is 1. The van der Waals surface area contributed by atoms with Gasteiger partial charge >= 0.3 is 0 Å². The van der Waals surface area contributed by atoms with Crippen molar-refractivity contribution in [3.63, 3.8) is 0 Å². The van der Waals surface area contributed by atoms with Crippen molar-refractivity contribution < 1.29 is 13.2 Å². The first kappa shape index (κ1) is 12.9. The normalized spacial score (nSPS) is 13.0. The standard InChI is InChI=1S/C8H14N2O3S/c1-7(14(3,12)13)8(11)10(2)6-4-5-9/h7H,4,6H2,1-3H3/t7-/m1/s1. The Bertz CT molecular complexity index is 342. The predicted molar refractivity (Wildman–Crippen MR) is 52.2 cm³/mol. The van der Waals surface area contributed by atoms with E-state index in [0.29, 0.717) is 0 Å². The lowest BCUT2D eigenvalue weighted by Crippen LogP contribution is -2.39. The molecule has 0 aromatic heterocycles. The molecule has 0 aliphatic heterocycles. The van der Waals surface area contributed by atoms with E-state index in [1.54, 1.807) is 0 Å². The second kappa shape index (κ2) is 4.96. The van der Waals surface area contributed by atoms with Gasteiger partial charge in [0, 0.05) is 19.8 Å². The molecular weight excluding hydrogens is 204 g/mol. The van der Waals surface area contributed by atoms with Gasteiger partial charge in [0.1, 0.15) is 5.25 Å². The summed E-state index contributed by atoms with van der Waals surface area (Å²) < 4.78 is 22.1. The molecule has 0 aromatic rings. The van der Waals surface area contributed by atoms with Gasteiger partial charge in [-0.3, -0.25) is 4.79 Å². The van der Waals surface area contributed by atoms with E-state index < -0.39 is 21.0 Å². The third kappa shape index (κ3) is 3.75. The molecule has 14 heavy (non-hydrogen) atoms. The van der Waals surface area contributed by atoms with Gasteiger partial charge in [0.2, 0.25) is 5.91 Å². The smallest absolute Gasteiger partial charge is 0.240 e. The maximum atomic E-state index is 11.4. The molecule has 0 saturated heterocycles. The van der Waals surface area contributed by atoms with Crippen molar-refractivity contribution in [3.05, 3.63) is 0 Å². The molecule has 0 heterocycles. The minimum Gasteiger partial charge on any atom is -0.344 e. The van der Waals surface area contributed by atoms with Crippen molar-refractivity contribution >= 4 is 15.7 Å². The maximum absolute atomic E-state index is 11.4. The number of carbonyl (C=O) groups is 1. The Balaban J connectivity index is 4.42. The Morgan fingerprint density at radius 2 is 2.07 bits per heavy atom. The zero-order valence-electron chi connectivity index (χ0n) is 8.52. The highest BCUT2D eigenvalue weighted by Gasteiger charge is 2.25. The van der Waals surface area contributed by atoms with Crippen LogP contribution in [0.5, 0.6) is 0 Å². The van der Waals surface area contributed by atoms with Crippen LogP contribution in [0.2, 0.25) is 0 Å². The molecular formula is C8H14N2O3S. The van der Waals surface area contributed by atoms with Gasteiger partial charge in [-0.1, -0.05) is 0 Å². The van der Waals surface area contributed by atoms with Crippen LogP contribution in [0.15, 0.2) is 0 Å². The fraction of sp³-hybridized carbons (Fsp3) is 0.750. The summed E-state index contributed by atoms with van der Waals surface area (Å²) in [6.07, 6.45) is 1.23. The summed E-state index contributed by atoms with van der Waals surface area (Å²) in [6, 6.07) is 1.89.